The van der Waals surface area contributed by atoms with Crippen molar-refractivity contribution in [1.82, 2.24) is 47.4 Å². The number of aliphatic carboxylic acids is 1. The fraction of sp³-hybridized carbons (Fsp3) is 0.690. The zero-order chi connectivity index (χ0) is 55.0. The molecule has 1 aliphatic rings. The van der Waals surface area contributed by atoms with E-state index in [-0.39, 0.29) is 38.1 Å². The maximum Gasteiger partial charge on any atom is 0.326 e. The molecule has 12 amide bonds. The second-order valence-corrected chi connectivity index (χ2v) is 17.7. The molecule has 0 aromatic rings. The van der Waals surface area contributed by atoms with Crippen LogP contribution in [0.4, 0.5) is 0 Å². The number of carbonyl (C=O) groups excluding carboxylic acids is 12. The van der Waals surface area contributed by atoms with Gasteiger partial charge in [0.1, 0.15) is 48.3 Å². The van der Waals surface area contributed by atoms with E-state index in [2.05, 4.69) is 42.5 Å². The summed E-state index contributed by atoms with van der Waals surface area (Å²) in [6, 6.07) is -14.0. The van der Waals surface area contributed by atoms with E-state index in [1.165, 1.54) is 18.7 Å². The maximum absolute atomic E-state index is 13.6. The minimum Gasteiger partial charge on any atom is -0.480 e. The third-order valence-corrected chi connectivity index (χ3v) is 11.0. The van der Waals surface area contributed by atoms with Crippen LogP contribution in [-0.4, -0.2) is 189 Å². The lowest BCUT2D eigenvalue weighted by atomic mass is 10.0. The molecular weight excluding hydrogens is 959 g/mol. The van der Waals surface area contributed by atoms with Crippen molar-refractivity contribution < 1.29 is 82.8 Å². The quantitative estimate of drug-likeness (QED) is 0.0290. The molecule has 1 heterocycles. The molecule has 1 fully saturated rings. The van der Waals surface area contributed by atoms with E-state index >= 15 is 0 Å². The molecule has 0 aliphatic carbocycles. The number of aliphatic hydroxyl groups is 3. The summed E-state index contributed by atoms with van der Waals surface area (Å²) in [4.78, 5) is 166. The highest BCUT2D eigenvalue weighted by Crippen LogP contribution is 2.19. The Hall–Kier alpha value is -7.05. The Morgan fingerprint density at radius 1 is 0.542 bits per heavy atom. The van der Waals surface area contributed by atoms with Gasteiger partial charge in [-0.25, -0.2) is 4.79 Å². The number of amides is 12. The van der Waals surface area contributed by atoms with Gasteiger partial charge in [-0.05, 0) is 50.4 Å². The van der Waals surface area contributed by atoms with Gasteiger partial charge < -0.3 is 90.8 Å². The highest BCUT2D eigenvalue weighted by atomic mass is 16.4. The standard InChI is InChI=1S/C42H71N13O17/c1-19(2)14-24(50-41(70)28-6-5-13-55(28)32(62)15-47-34(63)21(43)7-10-29(44)59)37(66)52-25(16-56)38(67)48-22(8-11-30(45)60)35(64)51-27(18-58)40(69)53-26(17-57)39(68)49-23(9-12-31(46)61)36(65)54-33(20(3)4)42(71)72/h19-28,33,56-58H,5-18,43H2,1-4H3,(H2,44,59)(H2,45,60)(H2,46,61)(H,47,63)(H,48,67)(H,49,68)(H,50,70)(H,51,64)(H,52,66)(H,53,69)(H,54,65)(H,71,72)/t21-,22-,23-,24-,25-,26-,27-,28-,33-/m0/s1. The van der Waals surface area contributed by atoms with E-state index in [1.807, 2.05) is 0 Å². The SMILES string of the molecule is CC(C)C[C@H](NC(=O)[C@@H]1CCCN1C(=O)CNC(=O)[C@@H](N)CCC(N)=O)C(=O)N[C@@H](CO)C(=O)N[C@@H](CCC(N)=O)C(=O)N[C@@H](CO)C(=O)N[C@@H](CO)C(=O)N[C@@H](CCC(N)=O)C(=O)N[C@H](C(=O)O)C(C)C. The Labute approximate surface area is 413 Å². The molecule has 0 radical (unpaired) electrons. The molecule has 30 heteroatoms. The Kier molecular flexibility index (Phi) is 27.4. The monoisotopic (exact) mass is 1030 g/mol. The average Bonchev–Trinajstić information content (AvgIpc) is 3.81. The van der Waals surface area contributed by atoms with Gasteiger partial charge in [-0.15, -0.1) is 0 Å². The van der Waals surface area contributed by atoms with Crippen molar-refractivity contribution in [3.05, 3.63) is 0 Å². The molecule has 1 saturated heterocycles. The second-order valence-electron chi connectivity index (χ2n) is 17.7. The molecule has 30 nitrogen and oxygen atoms in total. The third kappa shape index (κ3) is 21.9. The number of nitrogens with zero attached hydrogens (tertiary/aromatic N) is 1. The fourth-order valence-electron chi connectivity index (χ4n) is 6.95. The van der Waals surface area contributed by atoms with Crippen LogP contribution < -0.4 is 65.5 Å². The molecule has 0 aromatic carbocycles. The smallest absolute Gasteiger partial charge is 0.326 e. The van der Waals surface area contributed by atoms with Gasteiger partial charge >= 0.3 is 5.97 Å². The van der Waals surface area contributed by atoms with E-state index in [0.29, 0.717) is 6.42 Å². The lowest BCUT2D eigenvalue weighted by Crippen LogP contribution is -2.61. The first-order valence-electron chi connectivity index (χ1n) is 23.0. The number of hydrogen-bond donors (Lipinski definition) is 16. The maximum atomic E-state index is 13.6. The van der Waals surface area contributed by atoms with Gasteiger partial charge in [0.25, 0.3) is 0 Å². The fourth-order valence-corrected chi connectivity index (χ4v) is 6.95. The zero-order valence-electron chi connectivity index (χ0n) is 40.6. The van der Waals surface area contributed by atoms with Crippen LogP contribution in [0.2, 0.25) is 0 Å². The van der Waals surface area contributed by atoms with Crippen LogP contribution >= 0.6 is 0 Å². The highest BCUT2D eigenvalue weighted by molar-refractivity contribution is 5.98. The van der Waals surface area contributed by atoms with Crippen molar-refractivity contribution in [1.29, 1.82) is 0 Å². The highest BCUT2D eigenvalue weighted by Gasteiger charge is 2.38. The minimum atomic E-state index is -1.93. The first kappa shape index (κ1) is 63.0. The Morgan fingerprint density at radius 3 is 1.32 bits per heavy atom. The van der Waals surface area contributed by atoms with Gasteiger partial charge in [0.15, 0.2) is 0 Å². The van der Waals surface area contributed by atoms with Crippen molar-refractivity contribution in [2.24, 2.45) is 34.8 Å². The predicted molar refractivity (Wildman–Crippen MR) is 248 cm³/mol. The summed E-state index contributed by atoms with van der Waals surface area (Å²) in [5.74, 6) is -13.9. The summed E-state index contributed by atoms with van der Waals surface area (Å²) in [6.07, 6.45) is -1.64. The van der Waals surface area contributed by atoms with Gasteiger partial charge in [-0.2, -0.15) is 0 Å². The lowest BCUT2D eigenvalue weighted by molar-refractivity contribution is -0.143. The summed E-state index contributed by atoms with van der Waals surface area (Å²) in [5, 5.41) is 57.7. The second kappa shape index (κ2) is 31.3. The summed E-state index contributed by atoms with van der Waals surface area (Å²) >= 11 is 0. The number of nitrogens with one attached hydrogen (secondary N) is 8. The van der Waals surface area contributed by atoms with E-state index in [0.717, 1.165) is 0 Å². The average molecular weight is 1030 g/mol. The molecule has 72 heavy (non-hydrogen) atoms. The number of primary amides is 3. The van der Waals surface area contributed by atoms with Crippen LogP contribution in [0.15, 0.2) is 0 Å². The van der Waals surface area contributed by atoms with Crippen molar-refractivity contribution in [2.45, 2.75) is 140 Å². The van der Waals surface area contributed by atoms with Crippen LogP contribution in [0.1, 0.15) is 85.5 Å². The zero-order valence-corrected chi connectivity index (χ0v) is 40.6. The van der Waals surface area contributed by atoms with Crippen molar-refractivity contribution >= 4 is 76.9 Å². The summed E-state index contributed by atoms with van der Waals surface area (Å²) in [6.45, 7) is 2.62. The van der Waals surface area contributed by atoms with Crippen LogP contribution in [0.25, 0.3) is 0 Å². The molecule has 406 valence electrons. The number of carbonyl (C=O) groups is 13. The molecule has 1 aliphatic heterocycles. The molecular formula is C42H71N13O17. The number of rotatable bonds is 33. The number of aliphatic hydroxyl groups excluding tert-OH is 3. The predicted octanol–water partition coefficient (Wildman–Crippen LogP) is -8.63. The van der Waals surface area contributed by atoms with Gasteiger partial charge in [0.2, 0.25) is 70.9 Å². The van der Waals surface area contributed by atoms with Crippen LogP contribution in [0.3, 0.4) is 0 Å². The Bertz CT molecular complexity index is 1970. The van der Waals surface area contributed by atoms with Crippen LogP contribution in [0, 0.1) is 11.8 Å². The van der Waals surface area contributed by atoms with Crippen LogP contribution in [-0.2, 0) is 62.3 Å². The third-order valence-electron chi connectivity index (χ3n) is 11.0. The van der Waals surface area contributed by atoms with Crippen molar-refractivity contribution in [3.8, 4) is 0 Å². The summed E-state index contributed by atoms with van der Waals surface area (Å²) < 4.78 is 0. The lowest BCUT2D eigenvalue weighted by Gasteiger charge is -2.28. The van der Waals surface area contributed by atoms with E-state index in [9.17, 15) is 82.8 Å². The number of carboxylic acids is 1. The summed E-state index contributed by atoms with van der Waals surface area (Å²) in [5.41, 5.74) is 21.3. The molecule has 20 N–H and O–H groups in total. The Morgan fingerprint density at radius 2 is 0.931 bits per heavy atom. The number of likely N-dealkylation sites (tertiary alicyclic amines) is 1. The van der Waals surface area contributed by atoms with Gasteiger partial charge in [-0.1, -0.05) is 27.7 Å². The summed E-state index contributed by atoms with van der Waals surface area (Å²) in [7, 11) is 0. The van der Waals surface area contributed by atoms with Crippen LogP contribution in [0.5, 0.6) is 0 Å². The van der Waals surface area contributed by atoms with Crippen molar-refractivity contribution in [2.75, 3.05) is 32.9 Å². The molecule has 0 saturated carbocycles. The molecule has 0 aromatic heterocycles. The van der Waals surface area contributed by atoms with Crippen molar-refractivity contribution in [3.63, 3.8) is 0 Å². The van der Waals surface area contributed by atoms with Gasteiger partial charge in [0.05, 0.1) is 32.4 Å². The van der Waals surface area contributed by atoms with E-state index in [4.69, 9.17) is 22.9 Å². The number of carboxylic acid groups (broad SMARTS) is 1. The van der Waals surface area contributed by atoms with Gasteiger partial charge in [-0.3, -0.25) is 57.5 Å². The largest absolute Gasteiger partial charge is 0.480 e. The topological polar surface area (TPSA) is 506 Å². The van der Waals surface area contributed by atoms with E-state index in [1.54, 1.807) is 13.8 Å². The molecule has 0 spiro atoms. The number of hydrogen-bond acceptors (Lipinski definition) is 17. The normalized spacial score (nSPS) is 16.5. The first-order chi connectivity index (χ1) is 33.7. The minimum absolute atomic E-state index is 0.0129. The Balaban J connectivity index is 3.16. The first-order valence-corrected chi connectivity index (χ1v) is 23.0. The van der Waals surface area contributed by atoms with Gasteiger partial charge in [0, 0.05) is 25.8 Å². The van der Waals surface area contributed by atoms with E-state index < -0.39 is 189 Å². The molecule has 9 atom stereocenters. The molecule has 0 unspecified atom stereocenters. The molecule has 1 rings (SSSR count). The number of nitrogens with two attached hydrogens (primary N) is 4. The molecule has 0 bridgehead atoms.